The average molecular weight is 389 g/mol. The number of benzene rings is 2. The van der Waals surface area contributed by atoms with Crippen LogP contribution in [0.5, 0.6) is 11.5 Å². The lowest BCUT2D eigenvalue weighted by molar-refractivity contribution is -0.123. The quantitative estimate of drug-likeness (QED) is 0.347. The Hall–Kier alpha value is -3.41. The Balaban J connectivity index is 1.32. The van der Waals surface area contributed by atoms with Gasteiger partial charge in [-0.3, -0.25) is 14.5 Å². The summed E-state index contributed by atoms with van der Waals surface area (Å²) in [5.41, 5.74) is 0.834. The van der Waals surface area contributed by atoms with Crippen LogP contribution in [0.15, 0.2) is 60.7 Å². The van der Waals surface area contributed by atoms with Crippen molar-refractivity contribution in [3.63, 3.8) is 0 Å². The van der Waals surface area contributed by atoms with Crippen molar-refractivity contribution in [3.8, 4) is 11.5 Å². The summed E-state index contributed by atoms with van der Waals surface area (Å²) in [7, 11) is 1.56. The Labute approximate surface area is 167 Å². The molecule has 0 radical (unpaired) electrons. The molecule has 2 aromatic rings. The first kappa shape index (κ1) is 17.7. The van der Waals surface area contributed by atoms with E-state index in [1.54, 1.807) is 55.6 Å². The minimum atomic E-state index is -0.514. The summed E-state index contributed by atoms with van der Waals surface area (Å²) in [6.45, 7) is 0. The number of nitrogens with zero attached hydrogens (tertiary/aromatic N) is 1. The number of methoxy groups -OCH3 is 1. The van der Waals surface area contributed by atoms with Crippen molar-refractivity contribution in [3.05, 3.63) is 66.2 Å². The molecule has 29 heavy (non-hydrogen) atoms. The molecule has 1 heterocycles. The fourth-order valence-electron chi connectivity index (χ4n) is 4.71. The molecule has 3 aliphatic rings. The molecule has 4 atom stereocenters. The third kappa shape index (κ3) is 2.75. The van der Waals surface area contributed by atoms with E-state index in [1.807, 2.05) is 0 Å². The lowest BCUT2D eigenvalue weighted by Gasteiger charge is -2.17. The second-order valence-corrected chi connectivity index (χ2v) is 7.62. The first-order valence-electron chi connectivity index (χ1n) is 9.59. The molecule has 5 rings (SSSR count). The lowest BCUT2D eigenvalue weighted by atomic mass is 9.85. The van der Waals surface area contributed by atoms with E-state index in [4.69, 9.17) is 9.47 Å². The predicted molar refractivity (Wildman–Crippen MR) is 105 cm³/mol. The summed E-state index contributed by atoms with van der Waals surface area (Å²) in [5.74, 6) is 0.156. The van der Waals surface area contributed by atoms with E-state index >= 15 is 0 Å². The van der Waals surface area contributed by atoms with E-state index in [1.165, 1.54) is 4.90 Å². The third-order valence-electron chi connectivity index (χ3n) is 6.10. The number of carbonyl (C=O) groups is 3. The highest BCUT2D eigenvalue weighted by molar-refractivity contribution is 6.22. The zero-order valence-corrected chi connectivity index (χ0v) is 15.8. The van der Waals surface area contributed by atoms with Crippen molar-refractivity contribution >= 4 is 23.5 Å². The largest absolute Gasteiger partial charge is 0.497 e. The molecule has 1 aliphatic heterocycles. The number of allylic oxidation sites excluding steroid dienone is 2. The second kappa shape index (κ2) is 6.58. The van der Waals surface area contributed by atoms with Crippen LogP contribution in [0, 0.1) is 23.7 Å². The van der Waals surface area contributed by atoms with E-state index < -0.39 is 5.97 Å². The third-order valence-corrected chi connectivity index (χ3v) is 6.10. The van der Waals surface area contributed by atoms with Gasteiger partial charge in [-0.2, -0.15) is 0 Å². The highest BCUT2D eigenvalue weighted by atomic mass is 16.5. The molecule has 2 aliphatic carbocycles. The van der Waals surface area contributed by atoms with E-state index in [0.717, 1.165) is 6.42 Å². The molecule has 146 valence electrons. The molecule has 0 aromatic heterocycles. The number of fused-ring (bicyclic) bond motifs is 5. The molecule has 1 saturated heterocycles. The number of imide groups is 1. The van der Waals surface area contributed by atoms with Gasteiger partial charge in [-0.05, 0) is 66.8 Å². The van der Waals surface area contributed by atoms with Crippen LogP contribution in [-0.2, 0) is 9.59 Å². The maximum Gasteiger partial charge on any atom is 0.343 e. The number of hydrogen-bond acceptors (Lipinski definition) is 5. The van der Waals surface area contributed by atoms with Crippen LogP contribution < -0.4 is 14.4 Å². The highest BCUT2D eigenvalue weighted by Crippen LogP contribution is 2.53. The van der Waals surface area contributed by atoms with Gasteiger partial charge in [-0.25, -0.2) is 4.79 Å². The number of rotatable bonds is 4. The van der Waals surface area contributed by atoms with Gasteiger partial charge in [-0.1, -0.05) is 12.2 Å². The molecule has 0 N–H and O–H groups in total. The highest BCUT2D eigenvalue weighted by Gasteiger charge is 2.59. The molecular formula is C23H19NO5. The normalized spacial score (nSPS) is 26.7. The Kier molecular flexibility index (Phi) is 4.01. The van der Waals surface area contributed by atoms with Crippen molar-refractivity contribution in [1.29, 1.82) is 0 Å². The van der Waals surface area contributed by atoms with Crippen LogP contribution in [0.3, 0.4) is 0 Å². The molecule has 2 fully saturated rings. The summed E-state index contributed by atoms with van der Waals surface area (Å²) in [5, 5.41) is 0. The van der Waals surface area contributed by atoms with Crippen LogP contribution in [-0.4, -0.2) is 24.9 Å². The average Bonchev–Trinajstić information content (AvgIpc) is 3.42. The summed E-state index contributed by atoms with van der Waals surface area (Å²) >= 11 is 0. The van der Waals surface area contributed by atoms with Crippen LogP contribution >= 0.6 is 0 Å². The van der Waals surface area contributed by atoms with Gasteiger partial charge in [0.2, 0.25) is 11.8 Å². The van der Waals surface area contributed by atoms with Crippen LogP contribution in [0.1, 0.15) is 16.8 Å². The van der Waals surface area contributed by atoms with Gasteiger partial charge in [0.1, 0.15) is 11.5 Å². The maximum atomic E-state index is 12.9. The Bertz CT molecular complexity index is 994. The first-order valence-corrected chi connectivity index (χ1v) is 9.59. The fourth-order valence-corrected chi connectivity index (χ4v) is 4.71. The molecule has 2 aromatic carbocycles. The lowest BCUT2D eigenvalue weighted by Crippen LogP contribution is -2.32. The van der Waals surface area contributed by atoms with E-state index in [-0.39, 0.29) is 35.5 Å². The van der Waals surface area contributed by atoms with Gasteiger partial charge in [0.15, 0.2) is 0 Å². The molecular weight excluding hydrogens is 370 g/mol. The van der Waals surface area contributed by atoms with Crippen molar-refractivity contribution in [1.82, 2.24) is 0 Å². The van der Waals surface area contributed by atoms with Crippen LogP contribution in [0.4, 0.5) is 5.69 Å². The van der Waals surface area contributed by atoms with Gasteiger partial charge in [-0.15, -0.1) is 0 Å². The number of esters is 1. The zero-order chi connectivity index (χ0) is 20.1. The maximum absolute atomic E-state index is 12.9. The van der Waals surface area contributed by atoms with E-state index in [9.17, 15) is 14.4 Å². The molecule has 4 unspecified atom stereocenters. The topological polar surface area (TPSA) is 72.9 Å². The zero-order valence-electron chi connectivity index (χ0n) is 15.8. The van der Waals surface area contributed by atoms with E-state index in [0.29, 0.717) is 22.7 Å². The van der Waals surface area contributed by atoms with Crippen molar-refractivity contribution < 1.29 is 23.9 Å². The standard InChI is InChI=1S/C23H19NO5/c1-28-17-8-10-18(11-9-17)29-23(27)13-4-6-16(7-5-13)24-21(25)19-14-2-3-15(12-14)20(19)22(24)26/h2-11,14-15,19-20H,12H2,1H3. The van der Waals surface area contributed by atoms with Crippen LogP contribution in [0.2, 0.25) is 0 Å². The summed E-state index contributed by atoms with van der Waals surface area (Å²) in [6.07, 6.45) is 5.04. The Morgan fingerprint density at radius 3 is 1.97 bits per heavy atom. The molecule has 1 saturated carbocycles. The van der Waals surface area contributed by atoms with Gasteiger partial charge in [0.05, 0.1) is 30.2 Å². The molecule has 0 spiro atoms. The smallest absolute Gasteiger partial charge is 0.343 e. The van der Waals surface area contributed by atoms with Crippen LogP contribution in [0.25, 0.3) is 0 Å². The number of hydrogen-bond donors (Lipinski definition) is 0. The van der Waals surface area contributed by atoms with Crippen molar-refractivity contribution in [2.75, 3.05) is 12.0 Å². The monoisotopic (exact) mass is 389 g/mol. The summed E-state index contributed by atoms with van der Waals surface area (Å²) < 4.78 is 10.4. The molecule has 6 nitrogen and oxygen atoms in total. The minimum absolute atomic E-state index is 0.134. The minimum Gasteiger partial charge on any atom is -0.497 e. The van der Waals surface area contributed by atoms with Gasteiger partial charge in [0, 0.05) is 0 Å². The Morgan fingerprint density at radius 2 is 1.41 bits per heavy atom. The predicted octanol–water partition coefficient (Wildman–Crippen LogP) is 3.23. The molecule has 2 amide bonds. The number of amides is 2. The van der Waals surface area contributed by atoms with Crippen molar-refractivity contribution in [2.24, 2.45) is 23.7 Å². The summed E-state index contributed by atoms with van der Waals surface area (Å²) in [4.78, 5) is 39.4. The SMILES string of the molecule is COc1ccc(OC(=O)c2ccc(N3C(=O)C4C5C=CC(C5)C4C3=O)cc2)cc1. The summed E-state index contributed by atoms with van der Waals surface area (Å²) in [6, 6.07) is 13.1. The van der Waals surface area contributed by atoms with Gasteiger partial charge < -0.3 is 9.47 Å². The second-order valence-electron chi connectivity index (χ2n) is 7.62. The van der Waals surface area contributed by atoms with Gasteiger partial charge in [0.25, 0.3) is 0 Å². The van der Waals surface area contributed by atoms with Crippen molar-refractivity contribution in [2.45, 2.75) is 6.42 Å². The van der Waals surface area contributed by atoms with Gasteiger partial charge >= 0.3 is 5.97 Å². The first-order chi connectivity index (χ1) is 14.1. The van der Waals surface area contributed by atoms with E-state index in [2.05, 4.69) is 12.2 Å². The number of ether oxygens (including phenoxy) is 2. The number of anilines is 1. The number of carbonyl (C=O) groups excluding carboxylic acids is 3. The Morgan fingerprint density at radius 1 is 0.862 bits per heavy atom. The fraction of sp³-hybridized carbons (Fsp3) is 0.261. The molecule has 6 heteroatoms. The molecule has 2 bridgehead atoms.